The van der Waals surface area contributed by atoms with Crippen molar-refractivity contribution in [3.8, 4) is 0 Å². The molecule has 1 unspecified atom stereocenters. The lowest BCUT2D eigenvalue weighted by Gasteiger charge is -2.16. The minimum atomic E-state index is -0.392. The zero-order valence-electron chi connectivity index (χ0n) is 11.3. The number of amides is 2. The van der Waals surface area contributed by atoms with E-state index in [1.807, 2.05) is 13.0 Å². The van der Waals surface area contributed by atoms with Crippen LogP contribution in [0.25, 0.3) is 0 Å². The number of halogens is 1. The molecule has 106 valence electrons. The van der Waals surface area contributed by atoms with Gasteiger partial charge in [-0.1, -0.05) is 12.1 Å². The first-order valence-corrected chi connectivity index (χ1v) is 6.56. The van der Waals surface area contributed by atoms with Gasteiger partial charge in [-0.3, -0.25) is 14.9 Å². The van der Waals surface area contributed by atoms with Crippen molar-refractivity contribution in [1.82, 2.24) is 5.32 Å². The van der Waals surface area contributed by atoms with Crippen molar-refractivity contribution >= 4 is 17.5 Å². The van der Waals surface area contributed by atoms with Crippen molar-refractivity contribution < 1.29 is 14.0 Å². The van der Waals surface area contributed by atoms with Crippen LogP contribution < -0.4 is 10.6 Å². The van der Waals surface area contributed by atoms with E-state index in [0.717, 1.165) is 5.56 Å². The van der Waals surface area contributed by atoms with Crippen molar-refractivity contribution in [3.63, 3.8) is 0 Å². The maximum Gasteiger partial charge on any atom is 0.259 e. The van der Waals surface area contributed by atoms with E-state index < -0.39 is 5.91 Å². The molecule has 0 aromatic heterocycles. The lowest BCUT2D eigenvalue weighted by Crippen LogP contribution is -2.19. The molecule has 0 aliphatic carbocycles. The van der Waals surface area contributed by atoms with E-state index in [1.165, 1.54) is 12.1 Å². The Morgan fingerprint density at radius 1 is 1.05 bits per heavy atom. The molecule has 1 heterocycles. The molecule has 1 aliphatic heterocycles. The van der Waals surface area contributed by atoms with Gasteiger partial charge in [0.25, 0.3) is 11.8 Å². The van der Waals surface area contributed by atoms with Crippen LogP contribution in [0.2, 0.25) is 0 Å². The van der Waals surface area contributed by atoms with Gasteiger partial charge in [-0.25, -0.2) is 4.39 Å². The molecule has 4 nitrogen and oxygen atoms in total. The number of carbonyl (C=O) groups excluding carboxylic acids is 2. The van der Waals surface area contributed by atoms with E-state index in [4.69, 9.17) is 0 Å². The zero-order valence-corrected chi connectivity index (χ0v) is 11.3. The number of anilines is 1. The first-order valence-electron chi connectivity index (χ1n) is 6.56. The molecule has 21 heavy (non-hydrogen) atoms. The van der Waals surface area contributed by atoms with Gasteiger partial charge in [-0.15, -0.1) is 0 Å². The molecular formula is C16H13FN2O2. The molecular weight excluding hydrogens is 271 g/mol. The summed E-state index contributed by atoms with van der Waals surface area (Å²) in [5.41, 5.74) is 2.24. The Labute approximate surface area is 121 Å². The summed E-state index contributed by atoms with van der Waals surface area (Å²) in [5, 5.41) is 5.44. The van der Waals surface area contributed by atoms with Crippen molar-refractivity contribution in [1.29, 1.82) is 0 Å². The minimum Gasteiger partial charge on any atom is -0.378 e. The van der Waals surface area contributed by atoms with Crippen LogP contribution >= 0.6 is 0 Å². The molecule has 0 saturated heterocycles. The summed E-state index contributed by atoms with van der Waals surface area (Å²) in [6.07, 6.45) is 0. The van der Waals surface area contributed by atoms with Crippen LogP contribution in [-0.4, -0.2) is 11.8 Å². The lowest BCUT2D eigenvalue weighted by molar-refractivity contribution is 0.0879. The largest absolute Gasteiger partial charge is 0.378 e. The van der Waals surface area contributed by atoms with Gasteiger partial charge in [0.2, 0.25) is 0 Å². The smallest absolute Gasteiger partial charge is 0.259 e. The Morgan fingerprint density at radius 2 is 1.81 bits per heavy atom. The highest BCUT2D eigenvalue weighted by molar-refractivity contribution is 6.21. The number of rotatable bonds is 3. The summed E-state index contributed by atoms with van der Waals surface area (Å²) in [7, 11) is 0. The van der Waals surface area contributed by atoms with Gasteiger partial charge in [0.1, 0.15) is 5.82 Å². The third kappa shape index (κ3) is 2.50. The highest BCUT2D eigenvalue weighted by Crippen LogP contribution is 2.24. The summed E-state index contributed by atoms with van der Waals surface area (Å²) in [6.45, 7) is 1.90. The molecule has 5 heteroatoms. The third-order valence-corrected chi connectivity index (χ3v) is 3.47. The number of hydrogen-bond donors (Lipinski definition) is 2. The van der Waals surface area contributed by atoms with Crippen LogP contribution in [0.5, 0.6) is 0 Å². The Morgan fingerprint density at radius 3 is 2.57 bits per heavy atom. The summed E-state index contributed by atoms with van der Waals surface area (Å²) in [4.78, 5) is 23.1. The maximum absolute atomic E-state index is 13.2. The van der Waals surface area contributed by atoms with Crippen LogP contribution in [0.4, 0.5) is 10.1 Å². The monoisotopic (exact) mass is 284 g/mol. The molecule has 0 bridgehead atoms. The average Bonchev–Trinajstić information content (AvgIpc) is 2.74. The van der Waals surface area contributed by atoms with Gasteiger partial charge in [-0.2, -0.15) is 0 Å². The Kier molecular flexibility index (Phi) is 3.17. The molecule has 3 rings (SSSR count). The van der Waals surface area contributed by atoms with Crippen LogP contribution in [0.15, 0.2) is 42.5 Å². The zero-order chi connectivity index (χ0) is 15.0. The highest BCUT2D eigenvalue weighted by Gasteiger charge is 2.26. The number of fused-ring (bicyclic) bond motifs is 1. The summed E-state index contributed by atoms with van der Waals surface area (Å²) in [5.74, 6) is -1.06. The predicted molar refractivity (Wildman–Crippen MR) is 76.7 cm³/mol. The van der Waals surface area contributed by atoms with Gasteiger partial charge in [0.05, 0.1) is 11.1 Å². The Hall–Kier alpha value is -2.69. The molecule has 0 radical (unpaired) electrons. The molecule has 0 fully saturated rings. The van der Waals surface area contributed by atoms with Crippen molar-refractivity contribution in [2.75, 3.05) is 5.32 Å². The van der Waals surface area contributed by atoms with Crippen LogP contribution in [0.3, 0.4) is 0 Å². The first-order chi connectivity index (χ1) is 10.0. The van der Waals surface area contributed by atoms with Crippen molar-refractivity contribution in [2.24, 2.45) is 0 Å². The number of nitrogens with one attached hydrogen (secondary N) is 2. The normalized spacial score (nSPS) is 14.6. The maximum atomic E-state index is 13.2. The molecule has 2 aromatic rings. The summed E-state index contributed by atoms with van der Waals surface area (Å²) >= 11 is 0. The van der Waals surface area contributed by atoms with Crippen LogP contribution in [-0.2, 0) is 0 Å². The van der Waals surface area contributed by atoms with E-state index in [9.17, 15) is 14.0 Å². The molecule has 1 atom stereocenters. The summed E-state index contributed by atoms with van der Waals surface area (Å²) in [6, 6.07) is 11.2. The molecule has 0 saturated carbocycles. The van der Waals surface area contributed by atoms with Gasteiger partial charge in [0, 0.05) is 11.7 Å². The SMILES string of the molecule is CC(Nc1ccc2c(c1)C(=O)NC2=O)c1cccc(F)c1. The standard InChI is InChI=1S/C16H13FN2O2/c1-9(10-3-2-4-11(17)7-10)18-12-5-6-13-14(8-12)16(21)19-15(13)20/h2-9,18H,1H3,(H,19,20,21). The van der Waals surface area contributed by atoms with Gasteiger partial charge < -0.3 is 5.32 Å². The fourth-order valence-electron chi connectivity index (χ4n) is 2.37. The Balaban J connectivity index is 1.84. The van der Waals surface area contributed by atoms with E-state index in [2.05, 4.69) is 10.6 Å². The van der Waals surface area contributed by atoms with Crippen molar-refractivity contribution in [3.05, 3.63) is 65.0 Å². The predicted octanol–water partition coefficient (Wildman–Crippen LogP) is 2.88. The number of hydrogen-bond acceptors (Lipinski definition) is 3. The van der Waals surface area contributed by atoms with Crippen LogP contribution in [0.1, 0.15) is 39.2 Å². The number of imide groups is 1. The molecule has 2 amide bonds. The van der Waals surface area contributed by atoms with Gasteiger partial charge in [0.15, 0.2) is 0 Å². The summed E-state index contributed by atoms with van der Waals surface area (Å²) < 4.78 is 13.2. The topological polar surface area (TPSA) is 58.2 Å². The minimum absolute atomic E-state index is 0.126. The average molecular weight is 284 g/mol. The number of carbonyl (C=O) groups is 2. The third-order valence-electron chi connectivity index (χ3n) is 3.47. The van der Waals surface area contributed by atoms with E-state index >= 15 is 0 Å². The quantitative estimate of drug-likeness (QED) is 0.852. The van der Waals surface area contributed by atoms with E-state index in [1.54, 1.807) is 24.3 Å². The fourth-order valence-corrected chi connectivity index (χ4v) is 2.37. The highest BCUT2D eigenvalue weighted by atomic mass is 19.1. The van der Waals surface area contributed by atoms with Gasteiger partial charge >= 0.3 is 0 Å². The second-order valence-electron chi connectivity index (χ2n) is 4.96. The lowest BCUT2D eigenvalue weighted by atomic mass is 10.1. The molecule has 1 aliphatic rings. The molecule has 0 spiro atoms. The van der Waals surface area contributed by atoms with E-state index in [0.29, 0.717) is 16.8 Å². The molecule has 2 N–H and O–H groups in total. The van der Waals surface area contributed by atoms with Crippen LogP contribution in [0, 0.1) is 5.82 Å². The van der Waals surface area contributed by atoms with Gasteiger partial charge in [-0.05, 0) is 42.8 Å². The number of benzene rings is 2. The second-order valence-corrected chi connectivity index (χ2v) is 4.96. The van der Waals surface area contributed by atoms with E-state index in [-0.39, 0.29) is 17.8 Å². The molecule has 2 aromatic carbocycles. The fraction of sp³-hybridized carbons (Fsp3) is 0.125. The second kappa shape index (κ2) is 5.01. The van der Waals surface area contributed by atoms with Crippen molar-refractivity contribution in [2.45, 2.75) is 13.0 Å². The Bertz CT molecular complexity index is 743. The first kappa shape index (κ1) is 13.3.